The molecule has 34 heavy (non-hydrogen) atoms. The van der Waals surface area contributed by atoms with Crippen LogP contribution in [-0.4, -0.2) is 51.6 Å². The van der Waals surface area contributed by atoms with Gasteiger partial charge in [0, 0.05) is 36.2 Å². The van der Waals surface area contributed by atoms with E-state index in [2.05, 4.69) is 0 Å². The first-order valence-corrected chi connectivity index (χ1v) is 10.9. The predicted molar refractivity (Wildman–Crippen MR) is 119 cm³/mol. The summed E-state index contributed by atoms with van der Waals surface area (Å²) in [4.78, 5) is 23.6. The molecule has 1 aliphatic rings. The molecule has 0 radical (unpaired) electrons. The number of benzene rings is 1. The fourth-order valence-corrected chi connectivity index (χ4v) is 4.43. The first kappa shape index (κ1) is 26.0. The number of nitro benzene ring substituents is 1. The highest BCUT2D eigenvalue weighted by atomic mass is 19.1. The Morgan fingerprint density at radius 2 is 1.94 bits per heavy atom. The van der Waals surface area contributed by atoms with Gasteiger partial charge in [-0.15, -0.1) is 0 Å². The summed E-state index contributed by atoms with van der Waals surface area (Å²) in [5, 5.41) is 21.7. The largest absolute Gasteiger partial charge is 0.468 e. The number of aliphatic hydroxyl groups is 1. The van der Waals surface area contributed by atoms with Crippen molar-refractivity contribution in [2.75, 3.05) is 7.11 Å². The second-order valence-corrected chi connectivity index (χ2v) is 9.73. The molecule has 2 aromatic rings. The molecule has 11 heteroatoms. The second kappa shape index (κ2) is 8.88. The van der Waals surface area contributed by atoms with Crippen LogP contribution in [0.3, 0.4) is 0 Å². The molecule has 3 rings (SSSR count). The summed E-state index contributed by atoms with van der Waals surface area (Å²) >= 11 is 0. The van der Waals surface area contributed by atoms with Crippen LogP contribution in [0, 0.1) is 15.9 Å². The highest BCUT2D eigenvalue weighted by molar-refractivity contribution is 5.89. The van der Waals surface area contributed by atoms with Crippen LogP contribution in [0.25, 0.3) is 10.9 Å². The molecule has 1 saturated heterocycles. The molecule has 1 aromatic carbocycles. The third-order valence-corrected chi connectivity index (χ3v) is 5.70. The van der Waals surface area contributed by atoms with Crippen molar-refractivity contribution >= 4 is 22.6 Å². The number of hydrogen-bond acceptors (Lipinski definition) is 8. The zero-order valence-corrected chi connectivity index (χ0v) is 20.4. The molecule has 1 aliphatic heterocycles. The van der Waals surface area contributed by atoms with E-state index in [4.69, 9.17) is 18.9 Å². The number of ether oxygens (including phenoxy) is 4. The molecule has 0 saturated carbocycles. The third kappa shape index (κ3) is 5.22. The van der Waals surface area contributed by atoms with E-state index in [1.807, 2.05) is 0 Å². The third-order valence-electron chi connectivity index (χ3n) is 5.70. The van der Waals surface area contributed by atoms with Gasteiger partial charge in [0.05, 0.1) is 23.7 Å². The van der Waals surface area contributed by atoms with E-state index in [-0.39, 0.29) is 13.0 Å². The van der Waals surface area contributed by atoms with Crippen LogP contribution in [0.1, 0.15) is 53.7 Å². The van der Waals surface area contributed by atoms with Crippen LogP contribution in [0.5, 0.6) is 0 Å². The van der Waals surface area contributed by atoms with Crippen LogP contribution in [0.2, 0.25) is 0 Å². The van der Waals surface area contributed by atoms with Crippen molar-refractivity contribution in [1.82, 2.24) is 4.57 Å². The van der Waals surface area contributed by atoms with Crippen LogP contribution >= 0.6 is 0 Å². The summed E-state index contributed by atoms with van der Waals surface area (Å²) in [6.07, 6.45) is -1.17. The SMILES string of the molecule is COC(=O)[C@@](C)(CC1OC(C)(C)O1)c1cc2cc([N+](=O)[O-])c(F)cc2n1C[C@@H](C)OC(C)(C)O. The van der Waals surface area contributed by atoms with Crippen LogP contribution in [0.4, 0.5) is 10.1 Å². The van der Waals surface area contributed by atoms with E-state index in [9.17, 15) is 24.4 Å². The monoisotopic (exact) mass is 482 g/mol. The van der Waals surface area contributed by atoms with Gasteiger partial charge in [-0.1, -0.05) is 0 Å². The topological polar surface area (TPSA) is 122 Å². The van der Waals surface area contributed by atoms with Crippen molar-refractivity contribution in [2.24, 2.45) is 0 Å². The fraction of sp³-hybridized carbons (Fsp3) is 0.609. The number of fused-ring (bicyclic) bond motifs is 1. The molecular formula is C23H31FN2O8. The Morgan fingerprint density at radius 1 is 1.32 bits per heavy atom. The number of halogens is 1. The molecule has 2 atom stereocenters. The molecule has 0 amide bonds. The van der Waals surface area contributed by atoms with E-state index in [1.165, 1.54) is 21.0 Å². The lowest BCUT2D eigenvalue weighted by Gasteiger charge is -2.45. The summed E-state index contributed by atoms with van der Waals surface area (Å²) < 4.78 is 38.4. The maximum Gasteiger partial charge on any atom is 0.317 e. The molecule has 188 valence electrons. The van der Waals surface area contributed by atoms with Gasteiger partial charge in [-0.3, -0.25) is 14.9 Å². The van der Waals surface area contributed by atoms with Crippen molar-refractivity contribution in [3.63, 3.8) is 0 Å². The van der Waals surface area contributed by atoms with Gasteiger partial charge in [0.2, 0.25) is 5.82 Å². The van der Waals surface area contributed by atoms with Gasteiger partial charge >= 0.3 is 11.7 Å². The van der Waals surface area contributed by atoms with E-state index in [0.29, 0.717) is 16.6 Å². The summed E-state index contributed by atoms with van der Waals surface area (Å²) in [6.45, 7) is 9.92. The summed E-state index contributed by atoms with van der Waals surface area (Å²) in [6, 6.07) is 3.79. The minimum absolute atomic E-state index is 0.0880. The minimum Gasteiger partial charge on any atom is -0.468 e. The molecule has 1 aromatic heterocycles. The number of aromatic nitrogens is 1. The van der Waals surface area contributed by atoms with Crippen LogP contribution in [0.15, 0.2) is 18.2 Å². The first-order valence-electron chi connectivity index (χ1n) is 10.9. The molecule has 0 unspecified atom stereocenters. The minimum atomic E-state index is -1.43. The lowest BCUT2D eigenvalue weighted by Crippen LogP contribution is -2.53. The number of methoxy groups -OCH3 is 1. The van der Waals surface area contributed by atoms with E-state index in [0.717, 1.165) is 12.1 Å². The Hall–Kier alpha value is -2.60. The Bertz CT molecular complexity index is 1100. The fourth-order valence-electron chi connectivity index (χ4n) is 4.43. The molecular weight excluding hydrogens is 451 g/mol. The maximum atomic E-state index is 14.6. The lowest BCUT2D eigenvalue weighted by atomic mass is 9.82. The van der Waals surface area contributed by atoms with Gasteiger partial charge in [-0.05, 0) is 47.6 Å². The Labute approximate surface area is 196 Å². The second-order valence-electron chi connectivity index (χ2n) is 9.73. The molecule has 1 N–H and O–H groups in total. The van der Waals surface area contributed by atoms with Gasteiger partial charge < -0.3 is 28.6 Å². The molecule has 0 bridgehead atoms. The number of carbonyl (C=O) groups excluding carboxylic acids is 1. The first-order chi connectivity index (χ1) is 15.6. The standard InChI is InChI=1S/C23H31FN2O8/c1-13(32-21(2,3)28)12-25-16-10-15(24)17(26(29)30)8-14(16)9-18(25)23(6,20(27)31-7)11-19-33-22(4,5)34-19/h8-10,13,19,28H,11-12H2,1-7H3/t13-,23+/m1/s1. The zero-order valence-electron chi connectivity index (χ0n) is 20.4. The van der Waals surface area contributed by atoms with Crippen molar-refractivity contribution in [1.29, 1.82) is 0 Å². The van der Waals surface area contributed by atoms with E-state index in [1.54, 1.807) is 38.3 Å². The molecule has 10 nitrogen and oxygen atoms in total. The average Bonchev–Trinajstić information content (AvgIpc) is 3.01. The number of esters is 1. The van der Waals surface area contributed by atoms with Crippen LogP contribution < -0.4 is 0 Å². The smallest absolute Gasteiger partial charge is 0.317 e. The Balaban J connectivity index is 2.17. The van der Waals surface area contributed by atoms with Gasteiger partial charge in [0.1, 0.15) is 5.41 Å². The van der Waals surface area contributed by atoms with Crippen molar-refractivity contribution in [3.05, 3.63) is 39.8 Å². The quantitative estimate of drug-likeness (QED) is 0.248. The van der Waals surface area contributed by atoms with Gasteiger partial charge in [0.25, 0.3) is 0 Å². The summed E-state index contributed by atoms with van der Waals surface area (Å²) in [5.41, 5.74) is -1.24. The average molecular weight is 483 g/mol. The number of nitro groups is 1. The number of carbonyl (C=O) groups is 1. The number of hydrogen-bond donors (Lipinski definition) is 1. The molecule has 0 spiro atoms. The van der Waals surface area contributed by atoms with Gasteiger partial charge in [-0.25, -0.2) is 0 Å². The van der Waals surface area contributed by atoms with Crippen molar-refractivity contribution in [3.8, 4) is 0 Å². The summed E-state index contributed by atoms with van der Waals surface area (Å²) in [7, 11) is 1.25. The van der Waals surface area contributed by atoms with E-state index < -0.39 is 51.8 Å². The van der Waals surface area contributed by atoms with Gasteiger partial charge in [-0.2, -0.15) is 4.39 Å². The van der Waals surface area contributed by atoms with Crippen molar-refractivity contribution in [2.45, 2.75) is 83.9 Å². The highest BCUT2D eigenvalue weighted by Gasteiger charge is 2.48. The Morgan fingerprint density at radius 3 is 2.44 bits per heavy atom. The van der Waals surface area contributed by atoms with Gasteiger partial charge in [0.15, 0.2) is 17.9 Å². The summed E-state index contributed by atoms with van der Waals surface area (Å²) in [5.74, 6) is -3.81. The molecule has 0 aliphatic carbocycles. The molecule has 2 heterocycles. The zero-order chi connectivity index (χ0) is 25.6. The predicted octanol–water partition coefficient (Wildman–Crippen LogP) is 3.75. The highest BCUT2D eigenvalue weighted by Crippen LogP contribution is 2.41. The van der Waals surface area contributed by atoms with Crippen LogP contribution in [-0.2, 0) is 35.7 Å². The van der Waals surface area contributed by atoms with Crippen molar-refractivity contribution < 1.29 is 38.2 Å². The number of nitrogens with zero attached hydrogens (tertiary/aromatic N) is 2. The number of rotatable bonds is 9. The Kier molecular flexibility index (Phi) is 6.79. The maximum absolute atomic E-state index is 14.6. The lowest BCUT2D eigenvalue weighted by molar-refractivity contribution is -0.439. The molecule has 1 fully saturated rings. The normalized spacial score (nSPS) is 18.9. The van der Waals surface area contributed by atoms with E-state index >= 15 is 0 Å².